The Morgan fingerprint density at radius 2 is 1.71 bits per heavy atom. The smallest absolute Gasteiger partial charge is 0.345 e. The van der Waals surface area contributed by atoms with Crippen LogP contribution in [0.25, 0.3) is 11.1 Å². The summed E-state index contributed by atoms with van der Waals surface area (Å²) in [6.07, 6.45) is -1.85. The average molecular weight is 430 g/mol. The van der Waals surface area contributed by atoms with Crippen LogP contribution in [0.15, 0.2) is 54.6 Å². The van der Waals surface area contributed by atoms with Gasteiger partial charge in [-0.15, -0.1) is 0 Å². The molecule has 0 radical (unpaired) electrons. The van der Waals surface area contributed by atoms with E-state index in [9.17, 15) is 13.6 Å². The Bertz CT molecular complexity index is 1080. The number of nitrogens with two attached hydrogens (primary N) is 1. The lowest BCUT2D eigenvalue weighted by Crippen LogP contribution is -2.28. The van der Waals surface area contributed by atoms with Gasteiger partial charge in [0.05, 0.1) is 0 Å². The van der Waals surface area contributed by atoms with Gasteiger partial charge in [0.15, 0.2) is 17.7 Å². The maximum atomic E-state index is 14.2. The minimum Gasteiger partial charge on any atom is -0.479 e. The highest BCUT2D eigenvalue weighted by Gasteiger charge is 2.23. The number of rotatable bonds is 9. The van der Waals surface area contributed by atoms with Gasteiger partial charge in [0.2, 0.25) is 0 Å². The van der Waals surface area contributed by atoms with E-state index in [0.29, 0.717) is 12.6 Å². The topological polar surface area (TPSA) is 115 Å². The third kappa shape index (κ3) is 5.53. The van der Waals surface area contributed by atoms with Crippen LogP contribution in [0, 0.1) is 11.6 Å². The second-order valence-electron chi connectivity index (χ2n) is 6.55. The molecule has 9 heteroatoms. The van der Waals surface area contributed by atoms with E-state index in [-0.39, 0.29) is 12.2 Å². The minimum absolute atomic E-state index is 0.227. The van der Waals surface area contributed by atoms with Gasteiger partial charge in [0.25, 0.3) is 11.8 Å². The van der Waals surface area contributed by atoms with Crippen molar-refractivity contribution in [3.63, 3.8) is 0 Å². The number of aromatic nitrogens is 1. The standard InChI is InChI=1S/C22H20F2N2O5/c23-17-11-18(24)21(31-19(7-8-27)22(28)29)26-20(17)30-16-6-2-5-15(10-16)14-4-1-3-13(9-14)12-25/h1-6,9-11,19,27H,7-8,12,25H2,(H,28,29). The summed E-state index contributed by atoms with van der Waals surface area (Å²) in [5.41, 5.74) is 8.27. The molecule has 1 heterocycles. The van der Waals surface area contributed by atoms with Gasteiger partial charge in [0.1, 0.15) is 5.75 Å². The second-order valence-corrected chi connectivity index (χ2v) is 6.55. The number of hydrogen-bond acceptors (Lipinski definition) is 6. The number of benzene rings is 2. The van der Waals surface area contributed by atoms with E-state index >= 15 is 0 Å². The van der Waals surface area contributed by atoms with Gasteiger partial charge >= 0.3 is 5.97 Å². The molecule has 0 aliphatic carbocycles. The number of carbonyl (C=O) groups is 1. The Hall–Kier alpha value is -3.56. The zero-order valence-corrected chi connectivity index (χ0v) is 16.3. The molecule has 31 heavy (non-hydrogen) atoms. The van der Waals surface area contributed by atoms with E-state index in [1.165, 1.54) is 0 Å². The number of halogens is 2. The van der Waals surface area contributed by atoms with E-state index in [2.05, 4.69) is 4.98 Å². The number of aliphatic hydroxyl groups excluding tert-OH is 1. The molecule has 0 saturated heterocycles. The molecule has 2 aromatic carbocycles. The number of hydrogen-bond donors (Lipinski definition) is 3. The van der Waals surface area contributed by atoms with Crippen LogP contribution in [0.2, 0.25) is 0 Å². The second kappa shape index (κ2) is 9.96. The van der Waals surface area contributed by atoms with Gasteiger partial charge in [-0.25, -0.2) is 13.6 Å². The number of pyridine rings is 1. The van der Waals surface area contributed by atoms with Crippen LogP contribution in [0.4, 0.5) is 8.78 Å². The maximum absolute atomic E-state index is 14.2. The number of ether oxygens (including phenoxy) is 2. The third-order valence-corrected chi connectivity index (χ3v) is 4.33. The average Bonchev–Trinajstić information content (AvgIpc) is 2.76. The molecule has 1 unspecified atom stereocenters. The maximum Gasteiger partial charge on any atom is 0.345 e. The summed E-state index contributed by atoms with van der Waals surface area (Å²) in [6, 6.07) is 14.8. The largest absolute Gasteiger partial charge is 0.479 e. The molecule has 0 spiro atoms. The summed E-state index contributed by atoms with van der Waals surface area (Å²) in [7, 11) is 0. The van der Waals surface area contributed by atoms with Crippen molar-refractivity contribution in [1.82, 2.24) is 4.98 Å². The van der Waals surface area contributed by atoms with E-state index in [0.717, 1.165) is 16.7 Å². The van der Waals surface area contributed by atoms with Crippen molar-refractivity contribution in [1.29, 1.82) is 0 Å². The van der Waals surface area contributed by atoms with Gasteiger partial charge in [-0.1, -0.05) is 30.3 Å². The van der Waals surface area contributed by atoms with Crippen LogP contribution in [0.1, 0.15) is 12.0 Å². The summed E-state index contributed by atoms with van der Waals surface area (Å²) in [6.45, 7) is -0.119. The summed E-state index contributed by atoms with van der Waals surface area (Å²) in [5.74, 6) is -4.81. The van der Waals surface area contributed by atoms with Gasteiger partial charge in [-0.2, -0.15) is 4.98 Å². The molecule has 0 aliphatic rings. The van der Waals surface area contributed by atoms with Gasteiger partial charge in [-0.05, 0) is 34.9 Å². The normalized spacial score (nSPS) is 11.7. The zero-order chi connectivity index (χ0) is 22.4. The molecule has 0 amide bonds. The molecule has 4 N–H and O–H groups in total. The molecule has 1 atom stereocenters. The Balaban J connectivity index is 1.88. The van der Waals surface area contributed by atoms with Crippen molar-refractivity contribution >= 4 is 5.97 Å². The van der Waals surface area contributed by atoms with Crippen molar-refractivity contribution in [3.8, 4) is 28.6 Å². The molecule has 162 valence electrons. The number of nitrogens with zero attached hydrogens (tertiary/aromatic N) is 1. The van der Waals surface area contributed by atoms with Crippen molar-refractivity contribution in [2.75, 3.05) is 6.61 Å². The van der Waals surface area contributed by atoms with Gasteiger partial charge in [0, 0.05) is 25.6 Å². The Labute approximate surface area is 176 Å². The predicted octanol–water partition coefficient (Wildman–Crippen LogP) is 3.49. The van der Waals surface area contributed by atoms with Crippen molar-refractivity contribution < 1.29 is 33.3 Å². The van der Waals surface area contributed by atoms with Crippen LogP contribution in [-0.4, -0.2) is 33.9 Å². The number of aliphatic hydroxyl groups is 1. The molecule has 0 fully saturated rings. The molecule has 0 saturated carbocycles. The first-order valence-electron chi connectivity index (χ1n) is 9.35. The summed E-state index contributed by atoms with van der Waals surface area (Å²) >= 11 is 0. The minimum atomic E-state index is -1.55. The highest BCUT2D eigenvalue weighted by Crippen LogP contribution is 2.30. The molecule has 3 rings (SSSR count). The van der Waals surface area contributed by atoms with Crippen LogP contribution in [0.5, 0.6) is 17.5 Å². The Morgan fingerprint density at radius 3 is 2.39 bits per heavy atom. The number of carboxylic acid groups (broad SMARTS) is 1. The quantitative estimate of drug-likeness (QED) is 0.476. The molecular weight excluding hydrogens is 410 g/mol. The molecule has 1 aromatic heterocycles. The summed E-state index contributed by atoms with van der Waals surface area (Å²) in [4.78, 5) is 14.8. The highest BCUT2D eigenvalue weighted by atomic mass is 19.1. The fourth-order valence-electron chi connectivity index (χ4n) is 2.80. The molecule has 0 aliphatic heterocycles. The van der Waals surface area contributed by atoms with Crippen LogP contribution in [-0.2, 0) is 11.3 Å². The van der Waals surface area contributed by atoms with Crippen molar-refractivity contribution in [3.05, 3.63) is 71.8 Å². The zero-order valence-electron chi connectivity index (χ0n) is 16.3. The Kier molecular flexibility index (Phi) is 7.11. The first-order chi connectivity index (χ1) is 14.9. The lowest BCUT2D eigenvalue weighted by atomic mass is 10.0. The number of carboxylic acids is 1. The Morgan fingerprint density at radius 1 is 1.03 bits per heavy atom. The lowest BCUT2D eigenvalue weighted by molar-refractivity contribution is -0.146. The first kappa shape index (κ1) is 22.1. The SMILES string of the molecule is NCc1cccc(-c2cccc(Oc3nc(OC(CCO)C(=O)O)c(F)cc3F)c2)c1. The van der Waals surface area contributed by atoms with E-state index in [1.54, 1.807) is 18.2 Å². The highest BCUT2D eigenvalue weighted by molar-refractivity contribution is 5.72. The fraction of sp³-hybridized carbons (Fsp3) is 0.182. The third-order valence-electron chi connectivity index (χ3n) is 4.33. The van der Waals surface area contributed by atoms with Crippen LogP contribution in [0.3, 0.4) is 0 Å². The van der Waals surface area contributed by atoms with Crippen LogP contribution >= 0.6 is 0 Å². The first-order valence-corrected chi connectivity index (χ1v) is 9.35. The van der Waals surface area contributed by atoms with Gasteiger partial charge in [-0.3, -0.25) is 0 Å². The van der Waals surface area contributed by atoms with E-state index < -0.39 is 42.1 Å². The van der Waals surface area contributed by atoms with E-state index in [4.69, 9.17) is 25.4 Å². The van der Waals surface area contributed by atoms with Crippen molar-refractivity contribution in [2.45, 2.75) is 19.1 Å². The van der Waals surface area contributed by atoms with Crippen LogP contribution < -0.4 is 15.2 Å². The van der Waals surface area contributed by atoms with Gasteiger partial charge < -0.3 is 25.4 Å². The summed E-state index contributed by atoms with van der Waals surface area (Å²) < 4.78 is 38.7. The predicted molar refractivity (Wildman–Crippen MR) is 108 cm³/mol. The molecular formula is C22H20F2N2O5. The molecule has 7 nitrogen and oxygen atoms in total. The monoisotopic (exact) mass is 430 g/mol. The van der Waals surface area contributed by atoms with Crippen molar-refractivity contribution in [2.24, 2.45) is 5.73 Å². The molecule has 0 bridgehead atoms. The summed E-state index contributed by atoms with van der Waals surface area (Å²) in [5, 5.41) is 18.0. The van der Waals surface area contributed by atoms with E-state index in [1.807, 2.05) is 30.3 Å². The fourth-order valence-corrected chi connectivity index (χ4v) is 2.80. The lowest BCUT2D eigenvalue weighted by Gasteiger charge is -2.15. The molecule has 3 aromatic rings. The number of aliphatic carboxylic acids is 1.